The molecular formula is C24H30N8O5S. The van der Waals surface area contributed by atoms with Gasteiger partial charge in [-0.15, -0.1) is 10.2 Å². The summed E-state index contributed by atoms with van der Waals surface area (Å²) in [4.78, 5) is 13.1. The van der Waals surface area contributed by atoms with Crippen LogP contribution in [-0.2, 0) is 14.8 Å². The van der Waals surface area contributed by atoms with E-state index in [4.69, 9.17) is 14.0 Å². The molecule has 4 aromatic heterocycles. The van der Waals surface area contributed by atoms with E-state index in [-0.39, 0.29) is 17.9 Å². The summed E-state index contributed by atoms with van der Waals surface area (Å²) < 4.78 is 48.1. The van der Waals surface area contributed by atoms with Crippen LogP contribution in [0.4, 0.5) is 5.95 Å². The van der Waals surface area contributed by atoms with E-state index in [9.17, 15) is 8.42 Å². The number of pyridine rings is 1. The van der Waals surface area contributed by atoms with Crippen LogP contribution in [0.25, 0.3) is 11.5 Å². The van der Waals surface area contributed by atoms with Gasteiger partial charge in [0, 0.05) is 24.5 Å². The summed E-state index contributed by atoms with van der Waals surface area (Å²) in [5, 5.41) is 11.1. The molecule has 2 unspecified atom stereocenters. The van der Waals surface area contributed by atoms with Crippen LogP contribution in [0.2, 0.25) is 0 Å². The van der Waals surface area contributed by atoms with Gasteiger partial charge in [-0.1, -0.05) is 11.2 Å². The molecule has 4 rings (SSSR count). The summed E-state index contributed by atoms with van der Waals surface area (Å²) in [6.07, 6.45) is 3.53. The van der Waals surface area contributed by atoms with Crippen LogP contribution in [0, 0.1) is 6.92 Å². The minimum Gasteiger partial charge on any atom is -0.481 e. The van der Waals surface area contributed by atoms with E-state index in [0.717, 1.165) is 5.56 Å². The molecule has 0 saturated carbocycles. The van der Waals surface area contributed by atoms with Gasteiger partial charge in [-0.3, -0.25) is 9.29 Å². The summed E-state index contributed by atoms with van der Waals surface area (Å²) in [6.45, 7) is 8.82. The van der Waals surface area contributed by atoms with Crippen molar-refractivity contribution in [3.63, 3.8) is 0 Å². The number of anilines is 1. The molecule has 0 bridgehead atoms. The smallest absolute Gasteiger partial charge is 0.240 e. The zero-order chi connectivity index (χ0) is 27.4. The molecule has 0 aliphatic heterocycles. The fourth-order valence-electron chi connectivity index (χ4n) is 3.73. The first kappa shape index (κ1) is 27.1. The number of ether oxygens (including phenoxy) is 2. The standard InChI is InChI=1S/C24H30N8O5S/c1-14(2)36-21(22-25-12-15(3)13-26-22)17(5)38(33,34)31-24-30-29-23(18-8-7-9-20(28-18)35-6)32(24)16(4)19-10-11-27-37-19/h7-14,16-17,21H,1-6H3,(H,30,31)/t16-,17?,21?/m1/s1. The molecule has 1 N–H and O–H groups in total. The van der Waals surface area contributed by atoms with Crippen molar-refractivity contribution in [2.45, 2.75) is 58.1 Å². The number of methoxy groups -OCH3 is 1. The molecule has 0 aliphatic carbocycles. The van der Waals surface area contributed by atoms with E-state index in [1.807, 2.05) is 20.8 Å². The number of aryl methyl sites for hydroxylation is 1. The lowest BCUT2D eigenvalue weighted by Gasteiger charge is -2.25. The van der Waals surface area contributed by atoms with Crippen LogP contribution in [0.5, 0.6) is 5.88 Å². The molecule has 4 aromatic rings. The van der Waals surface area contributed by atoms with Gasteiger partial charge in [0.1, 0.15) is 17.0 Å². The second-order valence-corrected chi connectivity index (χ2v) is 11.0. The molecule has 13 nitrogen and oxygen atoms in total. The Morgan fingerprint density at radius 1 is 1.05 bits per heavy atom. The molecule has 0 radical (unpaired) electrons. The summed E-state index contributed by atoms with van der Waals surface area (Å²) >= 11 is 0. The maximum atomic E-state index is 13.7. The van der Waals surface area contributed by atoms with Gasteiger partial charge in [0.05, 0.1) is 25.5 Å². The molecule has 0 fully saturated rings. The molecule has 4 heterocycles. The van der Waals surface area contributed by atoms with E-state index in [0.29, 0.717) is 23.2 Å². The summed E-state index contributed by atoms with van der Waals surface area (Å²) in [6, 6.07) is 6.30. The van der Waals surface area contributed by atoms with Crippen LogP contribution < -0.4 is 9.46 Å². The van der Waals surface area contributed by atoms with Crippen LogP contribution >= 0.6 is 0 Å². The Hall–Kier alpha value is -3.91. The molecule has 3 atom stereocenters. The van der Waals surface area contributed by atoms with Crippen molar-refractivity contribution in [2.75, 3.05) is 11.8 Å². The van der Waals surface area contributed by atoms with Crippen molar-refractivity contribution < 1.29 is 22.4 Å². The van der Waals surface area contributed by atoms with Crippen LogP contribution in [0.15, 0.2) is 47.4 Å². The van der Waals surface area contributed by atoms with Crippen molar-refractivity contribution >= 4 is 16.0 Å². The number of aromatic nitrogens is 7. The lowest BCUT2D eigenvalue weighted by Crippen LogP contribution is -2.35. The second kappa shape index (κ2) is 11.2. The first-order chi connectivity index (χ1) is 18.1. The van der Waals surface area contributed by atoms with Gasteiger partial charge < -0.3 is 14.0 Å². The summed E-state index contributed by atoms with van der Waals surface area (Å²) in [5.41, 5.74) is 1.27. The monoisotopic (exact) mass is 542 g/mol. The fourth-order valence-corrected chi connectivity index (χ4v) is 4.82. The van der Waals surface area contributed by atoms with Gasteiger partial charge in [-0.2, -0.15) is 0 Å². The fraction of sp³-hybridized carbons (Fsp3) is 0.417. The van der Waals surface area contributed by atoms with E-state index >= 15 is 0 Å². The lowest BCUT2D eigenvalue weighted by molar-refractivity contribution is 0.00152. The maximum Gasteiger partial charge on any atom is 0.240 e. The van der Waals surface area contributed by atoms with Crippen molar-refractivity contribution in [2.24, 2.45) is 0 Å². The Labute approximate surface area is 220 Å². The number of nitrogens with one attached hydrogen (secondary N) is 1. The normalized spacial score (nSPS) is 14.3. The third-order valence-electron chi connectivity index (χ3n) is 5.74. The Morgan fingerprint density at radius 3 is 2.42 bits per heavy atom. The zero-order valence-electron chi connectivity index (χ0n) is 21.9. The summed E-state index contributed by atoms with van der Waals surface area (Å²) in [5.74, 6) is 1.37. The molecule has 0 aliphatic rings. The molecular weight excluding hydrogens is 512 g/mol. The Kier molecular flexibility index (Phi) is 8.02. The van der Waals surface area contributed by atoms with Gasteiger partial charge in [-0.25, -0.2) is 23.4 Å². The lowest BCUT2D eigenvalue weighted by atomic mass is 10.2. The minimum atomic E-state index is -4.09. The quantitative estimate of drug-likeness (QED) is 0.296. The van der Waals surface area contributed by atoms with Crippen LogP contribution in [-0.4, -0.2) is 61.8 Å². The topological polar surface area (TPSA) is 160 Å². The predicted octanol–water partition coefficient (Wildman–Crippen LogP) is 3.34. The van der Waals surface area contributed by atoms with Gasteiger partial charge >= 0.3 is 0 Å². The van der Waals surface area contributed by atoms with Crippen molar-refractivity contribution in [1.29, 1.82) is 0 Å². The van der Waals surface area contributed by atoms with E-state index in [1.54, 1.807) is 48.1 Å². The van der Waals surface area contributed by atoms with Gasteiger partial charge in [-0.05, 0) is 46.2 Å². The minimum absolute atomic E-state index is 0.0338. The highest BCUT2D eigenvalue weighted by molar-refractivity contribution is 7.93. The highest BCUT2D eigenvalue weighted by atomic mass is 32.2. The molecule has 38 heavy (non-hydrogen) atoms. The molecule has 202 valence electrons. The predicted molar refractivity (Wildman–Crippen MR) is 138 cm³/mol. The molecule has 0 saturated heterocycles. The van der Waals surface area contributed by atoms with E-state index in [2.05, 4.69) is 35.0 Å². The van der Waals surface area contributed by atoms with Crippen LogP contribution in [0.3, 0.4) is 0 Å². The number of nitrogens with zero attached hydrogens (tertiary/aromatic N) is 7. The number of hydrogen-bond acceptors (Lipinski definition) is 11. The Bertz CT molecular complexity index is 1460. The third-order valence-corrected chi connectivity index (χ3v) is 7.43. The highest BCUT2D eigenvalue weighted by Gasteiger charge is 2.36. The van der Waals surface area contributed by atoms with E-state index < -0.39 is 27.4 Å². The SMILES string of the molecule is COc1cccc(-c2nnc(NS(=O)(=O)C(C)C(OC(C)C)c3ncc(C)cn3)n2[C@H](C)c2ccno2)n1. The van der Waals surface area contributed by atoms with Gasteiger partial charge in [0.15, 0.2) is 17.4 Å². The Morgan fingerprint density at radius 2 is 1.79 bits per heavy atom. The average Bonchev–Trinajstić information content (AvgIpc) is 3.57. The van der Waals surface area contributed by atoms with Crippen molar-refractivity contribution in [3.05, 3.63) is 60.0 Å². The van der Waals surface area contributed by atoms with Gasteiger partial charge in [0.25, 0.3) is 0 Å². The third kappa shape index (κ3) is 5.81. The maximum absolute atomic E-state index is 13.7. The number of sulfonamides is 1. The molecule has 0 spiro atoms. The number of rotatable bonds is 11. The zero-order valence-corrected chi connectivity index (χ0v) is 22.7. The summed E-state index contributed by atoms with van der Waals surface area (Å²) in [7, 11) is -2.59. The van der Waals surface area contributed by atoms with Crippen molar-refractivity contribution in [1.82, 2.24) is 34.9 Å². The van der Waals surface area contributed by atoms with E-state index in [1.165, 1.54) is 20.2 Å². The van der Waals surface area contributed by atoms with Gasteiger partial charge in [0.2, 0.25) is 21.9 Å². The highest BCUT2D eigenvalue weighted by Crippen LogP contribution is 2.31. The first-order valence-corrected chi connectivity index (χ1v) is 13.5. The largest absolute Gasteiger partial charge is 0.481 e. The Balaban J connectivity index is 1.74. The second-order valence-electron chi connectivity index (χ2n) is 8.95. The molecule has 14 heteroatoms. The first-order valence-electron chi connectivity index (χ1n) is 11.9. The van der Waals surface area contributed by atoms with Crippen molar-refractivity contribution in [3.8, 4) is 17.4 Å². The van der Waals surface area contributed by atoms with Crippen LogP contribution in [0.1, 0.15) is 57.0 Å². The molecule has 0 amide bonds. The number of hydrogen-bond donors (Lipinski definition) is 1. The average molecular weight is 543 g/mol. The molecule has 0 aromatic carbocycles.